The number of phenolic OH excluding ortho intramolecular Hbond substituents is 1. The highest BCUT2D eigenvalue weighted by molar-refractivity contribution is 14.0. The van der Waals surface area contributed by atoms with Crippen molar-refractivity contribution in [2.24, 2.45) is 4.99 Å². The summed E-state index contributed by atoms with van der Waals surface area (Å²) in [6, 6.07) is 12.3. The van der Waals surface area contributed by atoms with E-state index in [0.29, 0.717) is 25.3 Å². The quantitative estimate of drug-likeness (QED) is 0.284. The number of phenols is 1. The first kappa shape index (κ1) is 23.3. The largest absolute Gasteiger partial charge is 0.504 e. The molecule has 0 radical (unpaired) electrons. The van der Waals surface area contributed by atoms with Gasteiger partial charge in [-0.15, -0.1) is 24.0 Å². The molecule has 0 bridgehead atoms. The van der Waals surface area contributed by atoms with Crippen LogP contribution in [0.15, 0.2) is 47.5 Å². The highest BCUT2D eigenvalue weighted by atomic mass is 127. The molecule has 1 aliphatic rings. The van der Waals surface area contributed by atoms with Crippen LogP contribution in [0.5, 0.6) is 11.5 Å². The van der Waals surface area contributed by atoms with Crippen molar-refractivity contribution in [1.29, 1.82) is 0 Å². The number of ether oxygens (including phenoxy) is 1. The van der Waals surface area contributed by atoms with E-state index in [0.717, 1.165) is 36.5 Å². The first-order valence-electron chi connectivity index (χ1n) is 9.71. The Morgan fingerprint density at radius 2 is 1.97 bits per heavy atom. The van der Waals surface area contributed by atoms with E-state index in [1.807, 2.05) is 25.1 Å². The molecule has 0 aromatic heterocycles. The summed E-state index contributed by atoms with van der Waals surface area (Å²) in [5, 5.41) is 16.8. The molecule has 0 spiro atoms. The van der Waals surface area contributed by atoms with Gasteiger partial charge in [0.15, 0.2) is 17.5 Å². The summed E-state index contributed by atoms with van der Waals surface area (Å²) in [6.45, 7) is 4.02. The van der Waals surface area contributed by atoms with Gasteiger partial charge >= 0.3 is 0 Å². The lowest BCUT2D eigenvalue weighted by Gasteiger charge is -2.16. The monoisotopic (exact) mass is 513 g/mol. The van der Waals surface area contributed by atoms with Crippen LogP contribution in [0.1, 0.15) is 30.9 Å². The number of rotatable bonds is 8. The van der Waals surface area contributed by atoms with Crippen LogP contribution in [0.2, 0.25) is 0 Å². The number of halogens is 2. The third-order valence-corrected chi connectivity index (χ3v) is 5.16. The number of hydrogen-bond donors (Lipinski definition) is 3. The Bertz CT molecular complexity index is 841. The summed E-state index contributed by atoms with van der Waals surface area (Å²) in [7, 11) is 1.54. The average Bonchev–Trinajstić information content (AvgIpc) is 3.49. The van der Waals surface area contributed by atoms with Gasteiger partial charge in [-0.05, 0) is 55.5 Å². The molecule has 5 nitrogen and oxygen atoms in total. The fourth-order valence-corrected chi connectivity index (χ4v) is 3.33. The first-order valence-corrected chi connectivity index (χ1v) is 9.71. The molecule has 1 aliphatic carbocycles. The third-order valence-electron chi connectivity index (χ3n) is 5.16. The summed E-state index contributed by atoms with van der Waals surface area (Å²) in [6.07, 6.45) is 2.69. The number of hydrogen-bond acceptors (Lipinski definition) is 3. The minimum atomic E-state index is -0.198. The molecular formula is C22H29FIN3O2. The molecule has 1 saturated carbocycles. The number of nitrogens with zero attached hydrogens (tertiary/aromatic N) is 1. The van der Waals surface area contributed by atoms with Gasteiger partial charge in [-0.25, -0.2) is 4.39 Å². The Morgan fingerprint density at radius 3 is 2.62 bits per heavy atom. The summed E-state index contributed by atoms with van der Waals surface area (Å²) >= 11 is 0. The number of guanidine groups is 1. The van der Waals surface area contributed by atoms with Crippen LogP contribution in [-0.4, -0.2) is 37.8 Å². The predicted molar refractivity (Wildman–Crippen MR) is 125 cm³/mol. The zero-order valence-corrected chi connectivity index (χ0v) is 19.2. The topological polar surface area (TPSA) is 65.9 Å². The zero-order chi connectivity index (χ0) is 20.0. The van der Waals surface area contributed by atoms with E-state index in [1.54, 1.807) is 25.3 Å². The number of aromatic hydroxyl groups is 1. The number of para-hydroxylation sites is 1. The van der Waals surface area contributed by atoms with Gasteiger partial charge in [-0.1, -0.05) is 24.3 Å². The molecule has 0 amide bonds. The van der Waals surface area contributed by atoms with Gasteiger partial charge in [0.25, 0.3) is 0 Å². The van der Waals surface area contributed by atoms with E-state index < -0.39 is 0 Å². The molecule has 1 fully saturated rings. The van der Waals surface area contributed by atoms with Gasteiger partial charge in [0, 0.05) is 18.5 Å². The summed E-state index contributed by atoms with van der Waals surface area (Å²) in [5.74, 6) is 1.18. The van der Waals surface area contributed by atoms with Gasteiger partial charge in [-0.3, -0.25) is 4.99 Å². The van der Waals surface area contributed by atoms with Gasteiger partial charge in [0.2, 0.25) is 0 Å². The minimum Gasteiger partial charge on any atom is -0.504 e. The second-order valence-corrected chi connectivity index (χ2v) is 7.13. The number of benzene rings is 2. The van der Waals surface area contributed by atoms with Crippen LogP contribution in [0.4, 0.5) is 4.39 Å². The van der Waals surface area contributed by atoms with Crippen molar-refractivity contribution < 1.29 is 14.2 Å². The van der Waals surface area contributed by atoms with E-state index in [2.05, 4.69) is 10.6 Å². The maximum absolute atomic E-state index is 13.6. The minimum absolute atomic E-state index is 0. The summed E-state index contributed by atoms with van der Waals surface area (Å²) in [5.41, 5.74) is 1.80. The Hall–Kier alpha value is -2.03. The Labute approximate surface area is 188 Å². The molecule has 0 heterocycles. The third kappa shape index (κ3) is 5.98. The van der Waals surface area contributed by atoms with Crippen LogP contribution >= 0.6 is 24.0 Å². The lowest BCUT2D eigenvalue weighted by molar-refractivity contribution is 0.370. The van der Waals surface area contributed by atoms with Crippen LogP contribution in [0.25, 0.3) is 0 Å². The Balaban J connectivity index is 0.00000300. The van der Waals surface area contributed by atoms with Crippen molar-refractivity contribution in [3.05, 3.63) is 59.4 Å². The van der Waals surface area contributed by atoms with E-state index in [-0.39, 0.29) is 41.0 Å². The molecule has 3 N–H and O–H groups in total. The highest BCUT2D eigenvalue weighted by Gasteiger charge is 2.44. The maximum Gasteiger partial charge on any atom is 0.191 e. The first-order chi connectivity index (χ1) is 13.6. The van der Waals surface area contributed by atoms with Crippen molar-refractivity contribution in [2.75, 3.05) is 26.7 Å². The normalized spacial score (nSPS) is 14.7. The fraction of sp³-hybridized carbons (Fsp3) is 0.409. The van der Waals surface area contributed by atoms with Crippen LogP contribution in [0.3, 0.4) is 0 Å². The Morgan fingerprint density at radius 1 is 1.21 bits per heavy atom. The lowest BCUT2D eigenvalue weighted by atomic mass is 9.96. The van der Waals surface area contributed by atoms with Crippen molar-refractivity contribution in [1.82, 2.24) is 10.6 Å². The smallest absolute Gasteiger partial charge is 0.191 e. The van der Waals surface area contributed by atoms with Gasteiger partial charge < -0.3 is 20.5 Å². The average molecular weight is 513 g/mol. The molecule has 7 heteroatoms. The van der Waals surface area contributed by atoms with Gasteiger partial charge in [0.1, 0.15) is 5.82 Å². The molecule has 158 valence electrons. The number of methoxy groups -OCH3 is 1. The molecule has 2 aromatic carbocycles. The highest BCUT2D eigenvalue weighted by Crippen LogP contribution is 2.48. The van der Waals surface area contributed by atoms with Crippen molar-refractivity contribution in [3.63, 3.8) is 0 Å². The molecular weight excluding hydrogens is 484 g/mol. The molecule has 0 saturated heterocycles. The van der Waals surface area contributed by atoms with Crippen molar-refractivity contribution in [3.8, 4) is 11.5 Å². The molecule has 0 aliphatic heterocycles. The Kier molecular flexibility index (Phi) is 8.55. The van der Waals surface area contributed by atoms with E-state index in [9.17, 15) is 9.50 Å². The van der Waals surface area contributed by atoms with E-state index in [1.165, 1.54) is 6.07 Å². The van der Waals surface area contributed by atoms with E-state index in [4.69, 9.17) is 9.73 Å². The second kappa shape index (κ2) is 10.7. The zero-order valence-electron chi connectivity index (χ0n) is 16.9. The van der Waals surface area contributed by atoms with Crippen molar-refractivity contribution in [2.45, 2.75) is 31.6 Å². The second-order valence-electron chi connectivity index (χ2n) is 7.13. The molecule has 29 heavy (non-hydrogen) atoms. The van der Waals surface area contributed by atoms with Crippen molar-refractivity contribution >= 4 is 29.9 Å². The summed E-state index contributed by atoms with van der Waals surface area (Å²) < 4.78 is 18.7. The molecule has 0 unspecified atom stereocenters. The number of aliphatic imine (C=N–C) groups is 1. The molecule has 3 rings (SSSR count). The van der Waals surface area contributed by atoms with Gasteiger partial charge in [0.05, 0.1) is 13.7 Å². The fourth-order valence-electron chi connectivity index (χ4n) is 3.33. The lowest BCUT2D eigenvalue weighted by Crippen LogP contribution is -2.39. The van der Waals surface area contributed by atoms with Gasteiger partial charge in [-0.2, -0.15) is 0 Å². The molecule has 0 atom stereocenters. The summed E-state index contributed by atoms with van der Waals surface area (Å²) in [4.78, 5) is 4.73. The standard InChI is InChI=1S/C22H28FN3O2.HI/c1-3-24-21(25-13-10-16-6-4-9-19(28-2)20(16)27)26-15-22(11-12-22)17-7-5-8-18(23)14-17;/h4-9,14,27H,3,10-13,15H2,1-2H3,(H2,24,25,26);1H. The SMILES string of the molecule is CCNC(=NCC1(c2cccc(F)c2)CC1)NCCc1cccc(OC)c1O.I. The van der Waals surface area contributed by atoms with Crippen LogP contribution in [0, 0.1) is 5.82 Å². The van der Waals surface area contributed by atoms with Crippen LogP contribution in [-0.2, 0) is 11.8 Å². The number of nitrogens with one attached hydrogen (secondary N) is 2. The van der Waals surface area contributed by atoms with Crippen LogP contribution < -0.4 is 15.4 Å². The van der Waals surface area contributed by atoms with E-state index >= 15 is 0 Å². The molecule has 2 aromatic rings. The maximum atomic E-state index is 13.6. The predicted octanol–water partition coefficient (Wildman–Crippen LogP) is 3.99.